The maximum absolute atomic E-state index is 9.66. The topological polar surface area (TPSA) is 44.7 Å². The van der Waals surface area contributed by atoms with Crippen LogP contribution in [0.5, 0.6) is 0 Å². The fraction of sp³-hybridized carbons (Fsp3) is 1.00. The Labute approximate surface area is 93.6 Å². The third kappa shape index (κ3) is 8.81. The SMILES string of the molecule is CCN(CC)CC(O)CNOCC(C)C. The van der Waals surface area contributed by atoms with Crippen LogP contribution >= 0.6 is 0 Å². The highest BCUT2D eigenvalue weighted by Crippen LogP contribution is 1.92. The zero-order valence-corrected chi connectivity index (χ0v) is 10.5. The van der Waals surface area contributed by atoms with E-state index < -0.39 is 0 Å². The van der Waals surface area contributed by atoms with Crippen LogP contribution in [0.3, 0.4) is 0 Å². The van der Waals surface area contributed by atoms with Crippen molar-refractivity contribution in [3.05, 3.63) is 0 Å². The van der Waals surface area contributed by atoms with Gasteiger partial charge in [-0.25, -0.2) is 0 Å². The van der Waals surface area contributed by atoms with Crippen molar-refractivity contribution in [2.45, 2.75) is 33.8 Å². The van der Waals surface area contributed by atoms with Gasteiger partial charge >= 0.3 is 0 Å². The lowest BCUT2D eigenvalue weighted by atomic mass is 10.2. The molecule has 0 saturated heterocycles. The van der Waals surface area contributed by atoms with Crippen LogP contribution in [0.2, 0.25) is 0 Å². The minimum Gasteiger partial charge on any atom is -0.390 e. The number of aliphatic hydroxyl groups excluding tert-OH is 1. The molecule has 1 atom stereocenters. The number of likely N-dealkylation sites (N-methyl/N-ethyl adjacent to an activating group) is 1. The molecule has 0 rings (SSSR count). The Bertz CT molecular complexity index is 139. The average molecular weight is 218 g/mol. The summed E-state index contributed by atoms with van der Waals surface area (Å²) in [5, 5.41) is 9.66. The molecule has 2 N–H and O–H groups in total. The normalized spacial score (nSPS) is 13.8. The number of hydrogen-bond donors (Lipinski definition) is 2. The van der Waals surface area contributed by atoms with E-state index in [1.165, 1.54) is 0 Å². The molecule has 0 aliphatic carbocycles. The summed E-state index contributed by atoms with van der Waals surface area (Å²) in [5.41, 5.74) is 2.79. The first-order valence-corrected chi connectivity index (χ1v) is 5.85. The fourth-order valence-corrected chi connectivity index (χ4v) is 1.23. The lowest BCUT2D eigenvalue weighted by molar-refractivity contribution is -0.00517. The minimum atomic E-state index is -0.364. The Kier molecular flexibility index (Phi) is 9.00. The van der Waals surface area contributed by atoms with E-state index in [-0.39, 0.29) is 6.10 Å². The highest BCUT2D eigenvalue weighted by Gasteiger charge is 2.08. The molecule has 0 radical (unpaired) electrons. The molecule has 0 spiro atoms. The second kappa shape index (κ2) is 9.09. The maximum atomic E-state index is 9.66. The Hall–Kier alpha value is -0.160. The van der Waals surface area contributed by atoms with Crippen molar-refractivity contribution < 1.29 is 9.94 Å². The van der Waals surface area contributed by atoms with Crippen LogP contribution in [-0.4, -0.2) is 48.9 Å². The van der Waals surface area contributed by atoms with Gasteiger partial charge in [0.25, 0.3) is 0 Å². The Morgan fingerprint density at radius 1 is 1.27 bits per heavy atom. The molecule has 0 amide bonds. The molecule has 0 aromatic heterocycles. The average Bonchev–Trinajstić information content (AvgIpc) is 2.20. The van der Waals surface area contributed by atoms with E-state index in [4.69, 9.17) is 4.84 Å². The van der Waals surface area contributed by atoms with Gasteiger partial charge in [0.2, 0.25) is 0 Å². The third-order valence-corrected chi connectivity index (χ3v) is 2.20. The first kappa shape index (κ1) is 14.8. The number of nitrogens with one attached hydrogen (secondary N) is 1. The predicted molar refractivity (Wildman–Crippen MR) is 62.6 cm³/mol. The van der Waals surface area contributed by atoms with Gasteiger partial charge in [-0.05, 0) is 19.0 Å². The van der Waals surface area contributed by atoms with Gasteiger partial charge < -0.3 is 14.8 Å². The second-order valence-corrected chi connectivity index (χ2v) is 4.19. The van der Waals surface area contributed by atoms with Gasteiger partial charge in [-0.3, -0.25) is 0 Å². The minimum absolute atomic E-state index is 0.364. The van der Waals surface area contributed by atoms with Crippen LogP contribution in [0, 0.1) is 5.92 Å². The summed E-state index contributed by atoms with van der Waals surface area (Å²) in [7, 11) is 0. The van der Waals surface area contributed by atoms with Crippen molar-refractivity contribution in [1.29, 1.82) is 0 Å². The van der Waals surface area contributed by atoms with Crippen molar-refractivity contribution in [3.63, 3.8) is 0 Å². The highest BCUT2D eigenvalue weighted by atomic mass is 16.6. The number of hydrogen-bond acceptors (Lipinski definition) is 4. The molecule has 0 aromatic carbocycles. The largest absolute Gasteiger partial charge is 0.390 e. The van der Waals surface area contributed by atoms with Crippen molar-refractivity contribution in [2.24, 2.45) is 5.92 Å². The molecule has 0 aliphatic rings. The van der Waals surface area contributed by atoms with E-state index in [0.29, 0.717) is 25.6 Å². The quantitative estimate of drug-likeness (QED) is 0.445. The van der Waals surface area contributed by atoms with Crippen LogP contribution in [0.15, 0.2) is 0 Å². The molecule has 0 heterocycles. The van der Waals surface area contributed by atoms with Crippen LogP contribution in [0.1, 0.15) is 27.7 Å². The van der Waals surface area contributed by atoms with Gasteiger partial charge in [0.05, 0.1) is 12.7 Å². The van der Waals surface area contributed by atoms with E-state index in [1.54, 1.807) is 0 Å². The Morgan fingerprint density at radius 3 is 2.33 bits per heavy atom. The molecule has 92 valence electrons. The lowest BCUT2D eigenvalue weighted by Gasteiger charge is -2.22. The summed E-state index contributed by atoms with van der Waals surface area (Å²) in [4.78, 5) is 7.38. The van der Waals surface area contributed by atoms with Crippen molar-refractivity contribution in [3.8, 4) is 0 Å². The fourth-order valence-electron chi connectivity index (χ4n) is 1.23. The maximum Gasteiger partial charge on any atom is 0.0814 e. The molecule has 1 unspecified atom stereocenters. The summed E-state index contributed by atoms with van der Waals surface area (Å²) in [6.07, 6.45) is -0.364. The molecule has 0 saturated carbocycles. The standard InChI is InChI=1S/C11H26N2O2/c1-5-13(6-2)8-11(14)7-12-15-9-10(3)4/h10-12,14H,5-9H2,1-4H3. The molecule has 0 fully saturated rings. The van der Waals surface area contributed by atoms with E-state index in [0.717, 1.165) is 13.1 Å². The van der Waals surface area contributed by atoms with Crippen LogP contribution in [-0.2, 0) is 4.84 Å². The summed E-state index contributed by atoms with van der Waals surface area (Å²) in [5.74, 6) is 0.512. The van der Waals surface area contributed by atoms with Gasteiger partial charge in [-0.15, -0.1) is 0 Å². The summed E-state index contributed by atoms with van der Waals surface area (Å²) in [6, 6.07) is 0. The van der Waals surface area contributed by atoms with Gasteiger partial charge in [-0.1, -0.05) is 27.7 Å². The monoisotopic (exact) mass is 218 g/mol. The van der Waals surface area contributed by atoms with Crippen molar-refractivity contribution in [1.82, 2.24) is 10.4 Å². The zero-order chi connectivity index (χ0) is 11.7. The predicted octanol–water partition coefficient (Wildman–Crippen LogP) is 0.866. The third-order valence-electron chi connectivity index (χ3n) is 2.20. The van der Waals surface area contributed by atoms with Crippen LogP contribution in [0.25, 0.3) is 0 Å². The van der Waals surface area contributed by atoms with E-state index in [2.05, 4.69) is 38.1 Å². The summed E-state index contributed by atoms with van der Waals surface area (Å²) < 4.78 is 0. The van der Waals surface area contributed by atoms with E-state index >= 15 is 0 Å². The van der Waals surface area contributed by atoms with Gasteiger partial charge in [0, 0.05) is 13.1 Å². The van der Waals surface area contributed by atoms with Crippen molar-refractivity contribution in [2.75, 3.05) is 32.8 Å². The van der Waals surface area contributed by atoms with Gasteiger partial charge in [-0.2, -0.15) is 5.48 Å². The van der Waals surface area contributed by atoms with Crippen molar-refractivity contribution >= 4 is 0 Å². The van der Waals surface area contributed by atoms with Crippen LogP contribution in [0.4, 0.5) is 0 Å². The summed E-state index contributed by atoms with van der Waals surface area (Å²) >= 11 is 0. The smallest absolute Gasteiger partial charge is 0.0814 e. The van der Waals surface area contributed by atoms with E-state index in [9.17, 15) is 5.11 Å². The summed E-state index contributed by atoms with van der Waals surface area (Å²) in [6.45, 7) is 12.2. The first-order valence-electron chi connectivity index (χ1n) is 5.85. The number of nitrogens with zero attached hydrogens (tertiary/aromatic N) is 1. The molecular formula is C11H26N2O2. The molecule has 0 aliphatic heterocycles. The lowest BCUT2D eigenvalue weighted by Crippen LogP contribution is -2.38. The zero-order valence-electron chi connectivity index (χ0n) is 10.5. The highest BCUT2D eigenvalue weighted by molar-refractivity contribution is 4.62. The number of aliphatic hydroxyl groups is 1. The first-order chi connectivity index (χ1) is 7.10. The van der Waals surface area contributed by atoms with Gasteiger partial charge in [0.1, 0.15) is 0 Å². The molecule has 4 heteroatoms. The Morgan fingerprint density at radius 2 is 1.87 bits per heavy atom. The van der Waals surface area contributed by atoms with E-state index in [1.807, 2.05) is 0 Å². The van der Waals surface area contributed by atoms with Crippen LogP contribution < -0.4 is 5.48 Å². The van der Waals surface area contributed by atoms with Gasteiger partial charge in [0.15, 0.2) is 0 Å². The molecule has 4 nitrogen and oxygen atoms in total. The second-order valence-electron chi connectivity index (χ2n) is 4.19. The molecule has 0 aromatic rings. The number of rotatable bonds is 9. The molecule has 15 heavy (non-hydrogen) atoms. The Balaban J connectivity index is 3.43. The molecule has 0 bridgehead atoms. The molecular weight excluding hydrogens is 192 g/mol. The number of hydroxylamine groups is 1.